The summed E-state index contributed by atoms with van der Waals surface area (Å²) in [7, 11) is 1.73. The van der Waals surface area contributed by atoms with Crippen LogP contribution in [0.5, 0.6) is 0 Å². The molecule has 1 saturated heterocycles. The summed E-state index contributed by atoms with van der Waals surface area (Å²) in [5.41, 5.74) is 3.66. The molecule has 13 nitrogen and oxygen atoms in total. The maximum Gasteiger partial charge on any atom is 0.407 e. The molecule has 0 spiro atoms. The van der Waals surface area contributed by atoms with Crippen LogP contribution < -0.4 is 10.6 Å². The van der Waals surface area contributed by atoms with Crippen LogP contribution in [-0.2, 0) is 15.9 Å². The highest BCUT2D eigenvalue weighted by Gasteiger charge is 2.45. The Morgan fingerprint density at radius 2 is 2.08 bits per heavy atom. The van der Waals surface area contributed by atoms with E-state index in [1.54, 1.807) is 28.4 Å². The summed E-state index contributed by atoms with van der Waals surface area (Å²) in [6.07, 6.45) is 2.32. The van der Waals surface area contributed by atoms with E-state index in [0.29, 0.717) is 35.7 Å². The first kappa shape index (κ1) is 23.2. The summed E-state index contributed by atoms with van der Waals surface area (Å²) in [4.78, 5) is 28.8. The number of alkyl carbamates (subject to hydrolysis) is 1. The topological polar surface area (TPSA) is 164 Å². The molecule has 1 amide bonds. The smallest absolute Gasteiger partial charge is 0.407 e. The molecule has 0 bridgehead atoms. The lowest BCUT2D eigenvalue weighted by Gasteiger charge is -2.17. The third-order valence-corrected chi connectivity index (χ3v) is 6.61. The second-order valence-electron chi connectivity index (χ2n) is 8.81. The number of rotatable bonds is 7. The Bertz CT molecular complexity index is 1580. The van der Waals surface area contributed by atoms with Gasteiger partial charge in [0.05, 0.1) is 6.33 Å². The van der Waals surface area contributed by atoms with Gasteiger partial charge in [-0.1, -0.05) is 18.2 Å². The number of amides is 1. The van der Waals surface area contributed by atoms with Crippen LogP contribution >= 0.6 is 0 Å². The lowest BCUT2D eigenvalue weighted by molar-refractivity contribution is -0.0532. The lowest BCUT2D eigenvalue weighted by atomic mass is 10.1. The molecule has 5 N–H and O–H groups in total. The Morgan fingerprint density at radius 1 is 1.22 bits per heavy atom. The fourth-order valence-corrected chi connectivity index (χ4v) is 4.73. The van der Waals surface area contributed by atoms with Gasteiger partial charge in [-0.2, -0.15) is 4.98 Å². The zero-order valence-electron chi connectivity index (χ0n) is 19.9. The van der Waals surface area contributed by atoms with Gasteiger partial charge < -0.3 is 35.3 Å². The van der Waals surface area contributed by atoms with E-state index in [1.807, 2.05) is 30.5 Å². The minimum Gasteiger partial charge on any atom is -0.447 e. The minimum absolute atomic E-state index is 0.236. The summed E-state index contributed by atoms with van der Waals surface area (Å²) in [6, 6.07) is 7.95. The Balaban J connectivity index is 1.09. The second-order valence-corrected chi connectivity index (χ2v) is 8.81. The van der Waals surface area contributed by atoms with Gasteiger partial charge in [0.25, 0.3) is 0 Å². The Kier molecular flexibility index (Phi) is 5.87. The zero-order chi connectivity index (χ0) is 25.5. The van der Waals surface area contributed by atoms with Crippen molar-refractivity contribution in [2.75, 3.05) is 25.5 Å². The largest absolute Gasteiger partial charge is 0.447 e. The van der Waals surface area contributed by atoms with E-state index in [2.05, 4.69) is 30.6 Å². The Hall–Kier alpha value is -4.20. The van der Waals surface area contributed by atoms with Crippen LogP contribution in [-0.4, -0.2) is 83.7 Å². The monoisotopic (exact) mass is 506 g/mol. The molecule has 1 aromatic carbocycles. The highest BCUT2D eigenvalue weighted by Crippen LogP contribution is 2.32. The number of ether oxygens (including phenoxy) is 2. The number of para-hydroxylation sites is 1. The first-order valence-electron chi connectivity index (χ1n) is 11.9. The fourth-order valence-electron chi connectivity index (χ4n) is 4.73. The van der Waals surface area contributed by atoms with Crippen molar-refractivity contribution in [1.29, 1.82) is 0 Å². The predicted molar refractivity (Wildman–Crippen MR) is 133 cm³/mol. The quantitative estimate of drug-likeness (QED) is 0.218. The number of aromatic nitrogens is 6. The van der Waals surface area contributed by atoms with Gasteiger partial charge in [-0.05, 0) is 18.1 Å². The first-order chi connectivity index (χ1) is 18.0. The van der Waals surface area contributed by atoms with Crippen LogP contribution in [0.1, 0.15) is 11.8 Å². The van der Waals surface area contributed by atoms with Crippen molar-refractivity contribution in [1.82, 2.24) is 34.2 Å². The summed E-state index contributed by atoms with van der Waals surface area (Å²) < 4.78 is 14.5. The van der Waals surface area contributed by atoms with Crippen molar-refractivity contribution in [3.8, 4) is 0 Å². The number of nitrogens with one attached hydrogen (secondary N) is 3. The fraction of sp³-hybridized carbons (Fsp3) is 0.333. The van der Waals surface area contributed by atoms with Crippen LogP contribution in [0.25, 0.3) is 27.7 Å². The number of hydrogen-bond donors (Lipinski definition) is 5. The van der Waals surface area contributed by atoms with Crippen molar-refractivity contribution < 1.29 is 24.5 Å². The molecule has 0 radical (unpaired) electrons. The molecule has 4 atom stereocenters. The van der Waals surface area contributed by atoms with E-state index < -0.39 is 30.6 Å². The van der Waals surface area contributed by atoms with Crippen LogP contribution in [0.4, 0.5) is 10.7 Å². The standard InChI is InChI=1S/C24H26N8O5/c1-25-23-30-21-17(20-26-8-9-31(20)23)29-12-32(21)22-19(34)18(33)16(37-22)11-36-24(35)27-7-6-13-10-28-15-5-3-2-4-14(13)15/h2-5,8-10,12,16,18-19,22,28,33-34H,6-7,11H2,1H3,(H,25,30)(H,27,35)/t16-,18-,19-,22-/m1/s1. The number of fused-ring (bicyclic) bond motifs is 4. The van der Waals surface area contributed by atoms with Gasteiger partial charge in [0.15, 0.2) is 23.0 Å². The molecular weight excluding hydrogens is 480 g/mol. The SMILES string of the molecule is CNc1nc2c(ncn2[C@@H]2O[C@H](COC(=O)NCCc3c[nH]c4ccccc34)[C@@H](O)[C@H]2O)c2nccn12. The number of benzene rings is 1. The third kappa shape index (κ3) is 4.02. The second kappa shape index (κ2) is 9.35. The first-order valence-corrected chi connectivity index (χ1v) is 11.9. The van der Waals surface area contributed by atoms with E-state index in [-0.39, 0.29) is 6.61 Å². The molecular formula is C24H26N8O5. The van der Waals surface area contributed by atoms with Gasteiger partial charge >= 0.3 is 6.09 Å². The van der Waals surface area contributed by atoms with Gasteiger partial charge in [-0.25, -0.2) is 14.8 Å². The highest BCUT2D eigenvalue weighted by molar-refractivity contribution is 5.87. The predicted octanol–water partition coefficient (Wildman–Crippen LogP) is 1.19. The van der Waals surface area contributed by atoms with E-state index in [1.165, 1.54) is 6.33 Å². The molecule has 13 heteroatoms. The molecule has 0 unspecified atom stereocenters. The van der Waals surface area contributed by atoms with Crippen molar-refractivity contribution in [2.24, 2.45) is 0 Å². The molecule has 5 heterocycles. The van der Waals surface area contributed by atoms with Gasteiger partial charge in [0.1, 0.15) is 24.9 Å². The number of nitrogens with zero attached hydrogens (tertiary/aromatic N) is 5. The van der Waals surface area contributed by atoms with Crippen molar-refractivity contribution >= 4 is 39.8 Å². The molecule has 4 aromatic heterocycles. The molecule has 0 saturated carbocycles. The molecule has 6 rings (SSSR count). The van der Waals surface area contributed by atoms with Crippen molar-refractivity contribution in [3.63, 3.8) is 0 Å². The van der Waals surface area contributed by atoms with Gasteiger partial charge in [0.2, 0.25) is 5.95 Å². The third-order valence-electron chi connectivity index (χ3n) is 6.61. The molecule has 1 fully saturated rings. The Labute approximate surface area is 210 Å². The number of hydrogen-bond acceptors (Lipinski definition) is 9. The average Bonchev–Trinajstić information content (AvgIpc) is 3.69. The number of H-pyrrole nitrogens is 1. The number of aromatic amines is 1. The van der Waals surface area contributed by atoms with Crippen LogP contribution in [0.3, 0.4) is 0 Å². The summed E-state index contributed by atoms with van der Waals surface area (Å²) in [5.74, 6) is 0.527. The van der Waals surface area contributed by atoms with Gasteiger partial charge in [0, 0.05) is 43.1 Å². The van der Waals surface area contributed by atoms with E-state index >= 15 is 0 Å². The van der Waals surface area contributed by atoms with E-state index in [4.69, 9.17) is 9.47 Å². The number of aliphatic hydroxyl groups excluding tert-OH is 2. The maximum atomic E-state index is 12.3. The number of carbonyl (C=O) groups is 1. The summed E-state index contributed by atoms with van der Waals surface area (Å²) >= 11 is 0. The number of imidazole rings is 2. The average molecular weight is 507 g/mol. The van der Waals surface area contributed by atoms with Gasteiger partial charge in [-0.3, -0.25) is 8.97 Å². The Morgan fingerprint density at radius 3 is 2.95 bits per heavy atom. The summed E-state index contributed by atoms with van der Waals surface area (Å²) in [6.45, 7) is 0.142. The van der Waals surface area contributed by atoms with E-state index in [0.717, 1.165) is 16.5 Å². The minimum atomic E-state index is -1.29. The van der Waals surface area contributed by atoms with Crippen LogP contribution in [0.15, 0.2) is 49.2 Å². The van der Waals surface area contributed by atoms with Gasteiger partial charge in [-0.15, -0.1) is 0 Å². The molecule has 1 aliphatic rings. The normalized spacial score (nSPS) is 21.7. The zero-order valence-corrected chi connectivity index (χ0v) is 19.9. The molecule has 37 heavy (non-hydrogen) atoms. The van der Waals surface area contributed by atoms with E-state index in [9.17, 15) is 15.0 Å². The van der Waals surface area contributed by atoms with Crippen LogP contribution in [0, 0.1) is 0 Å². The molecule has 0 aliphatic carbocycles. The lowest BCUT2D eigenvalue weighted by Crippen LogP contribution is -2.36. The molecule has 5 aromatic rings. The summed E-state index contributed by atoms with van der Waals surface area (Å²) in [5, 5.41) is 28.1. The molecule has 192 valence electrons. The number of anilines is 1. The van der Waals surface area contributed by atoms with Crippen molar-refractivity contribution in [3.05, 3.63) is 54.7 Å². The maximum absolute atomic E-state index is 12.3. The number of aliphatic hydroxyl groups is 2. The van der Waals surface area contributed by atoms with Crippen LogP contribution in [0.2, 0.25) is 0 Å². The molecule has 1 aliphatic heterocycles. The highest BCUT2D eigenvalue weighted by atomic mass is 16.6. The number of carbonyl (C=O) groups excluding carboxylic acids is 1. The van der Waals surface area contributed by atoms with Crippen molar-refractivity contribution in [2.45, 2.75) is 31.0 Å².